The van der Waals surface area contributed by atoms with Crippen molar-refractivity contribution in [1.82, 2.24) is 0 Å². The maximum atomic E-state index is 6.30. The van der Waals surface area contributed by atoms with Crippen LogP contribution in [0.1, 0.15) is 32.8 Å². The van der Waals surface area contributed by atoms with Crippen molar-refractivity contribution >= 4 is 40.3 Å². The molecule has 0 bridgehead atoms. The number of allylic oxidation sites excluding steroid dienone is 7. The van der Waals surface area contributed by atoms with Crippen LogP contribution in [0.2, 0.25) is 0 Å². The third kappa shape index (κ3) is 8.12. The van der Waals surface area contributed by atoms with Gasteiger partial charge >= 0.3 is 0 Å². The third-order valence-electron chi connectivity index (χ3n) is 6.28. The van der Waals surface area contributed by atoms with Gasteiger partial charge in [-0.25, -0.2) is 0 Å². The number of hydrogen-bond donors (Lipinski definition) is 1. The molecule has 0 saturated carbocycles. The standard InChI is InChI=1S/C28H35N3O.C2H2.2CH3Cl/c1-8-25(32-9-2)27(29)20(3)30(6)22-14-12-13-21(19-22)17-18-26-28(4,5)23-15-10-11-16-24(23)31(26)7;3*1-2/h8,10-18H,1,3,9,19,29H2,2,4-7H3;1-2H;2*1H3/q+2;;;/b18-17+,27-25-,30-22?;;;. The topological polar surface area (TPSA) is 41.3 Å². The predicted molar refractivity (Wildman–Crippen MR) is 168 cm³/mol. The number of rotatable bonds is 7. The van der Waals surface area contributed by atoms with Gasteiger partial charge in [-0.3, -0.25) is 0 Å². The van der Waals surface area contributed by atoms with Gasteiger partial charge < -0.3 is 10.5 Å². The largest absolute Gasteiger partial charge is 0.491 e. The first kappa shape index (κ1) is 34.7. The molecule has 6 heteroatoms. The summed E-state index contributed by atoms with van der Waals surface area (Å²) in [7, 11) is 4.12. The summed E-state index contributed by atoms with van der Waals surface area (Å²) < 4.78 is 9.89. The van der Waals surface area contributed by atoms with E-state index in [1.165, 1.54) is 35.3 Å². The average molecular weight is 557 g/mol. The first-order valence-corrected chi connectivity index (χ1v) is 13.6. The Labute approximate surface area is 240 Å². The monoisotopic (exact) mass is 555 g/mol. The molecule has 4 nitrogen and oxygen atoms in total. The van der Waals surface area contributed by atoms with Gasteiger partial charge in [-0.05, 0) is 39.0 Å². The maximum absolute atomic E-state index is 6.30. The second kappa shape index (κ2) is 17.3. The van der Waals surface area contributed by atoms with Crippen molar-refractivity contribution in [2.75, 3.05) is 33.5 Å². The van der Waals surface area contributed by atoms with E-state index in [0.717, 1.165) is 12.1 Å². The molecule has 0 fully saturated rings. The lowest BCUT2D eigenvalue weighted by molar-refractivity contribution is -0.439. The zero-order chi connectivity index (χ0) is 29.5. The first-order chi connectivity index (χ1) is 18.2. The molecule has 0 atom stereocenters. The van der Waals surface area contributed by atoms with Crippen molar-refractivity contribution in [2.45, 2.75) is 32.6 Å². The van der Waals surface area contributed by atoms with Crippen LogP contribution in [0.15, 0.2) is 96.6 Å². The minimum absolute atomic E-state index is 0.0376. The van der Waals surface area contributed by atoms with Crippen LogP contribution in [0, 0.1) is 12.8 Å². The molecule has 0 unspecified atom stereocenters. The van der Waals surface area contributed by atoms with Gasteiger partial charge in [0.25, 0.3) is 0 Å². The number of nitrogens with zero attached hydrogens (tertiary/aromatic N) is 2. The summed E-state index contributed by atoms with van der Waals surface area (Å²) in [5.74, 6) is 0.558. The fourth-order valence-electron chi connectivity index (χ4n) is 4.34. The van der Waals surface area contributed by atoms with Crippen LogP contribution in [-0.4, -0.2) is 54.0 Å². The number of alkyl halides is 2. The molecule has 0 aromatic heterocycles. The van der Waals surface area contributed by atoms with Crippen LogP contribution in [-0.2, 0) is 10.2 Å². The van der Waals surface area contributed by atoms with E-state index in [9.17, 15) is 0 Å². The molecule has 38 heavy (non-hydrogen) atoms. The summed E-state index contributed by atoms with van der Waals surface area (Å²) in [5, 5.41) is 0. The molecule has 3 rings (SSSR count). The maximum Gasteiger partial charge on any atom is 0.224 e. The molecule has 0 saturated heterocycles. The number of likely N-dealkylation sites (N-methyl/N-ethyl adjacent to an activating group) is 1. The summed E-state index contributed by atoms with van der Waals surface area (Å²) in [6.07, 6.45) is 24.1. The van der Waals surface area contributed by atoms with Crippen molar-refractivity contribution in [3.63, 3.8) is 0 Å². The van der Waals surface area contributed by atoms with E-state index >= 15 is 0 Å². The van der Waals surface area contributed by atoms with E-state index in [1.54, 1.807) is 6.08 Å². The van der Waals surface area contributed by atoms with E-state index in [-0.39, 0.29) is 5.41 Å². The lowest BCUT2D eigenvalue weighted by Gasteiger charge is -2.15. The Balaban J connectivity index is 0.00000213. The summed E-state index contributed by atoms with van der Waals surface area (Å²) in [5.41, 5.74) is 13.7. The smallest absolute Gasteiger partial charge is 0.224 e. The van der Waals surface area contributed by atoms with Gasteiger partial charge in [0, 0.05) is 36.5 Å². The predicted octanol–water partition coefficient (Wildman–Crippen LogP) is 7.08. The molecule has 2 N–H and O–H groups in total. The van der Waals surface area contributed by atoms with Crippen LogP contribution in [0.5, 0.6) is 0 Å². The fourth-order valence-corrected chi connectivity index (χ4v) is 4.34. The number of hydrogen-bond acceptors (Lipinski definition) is 2. The number of nitrogens with two attached hydrogens (primary N) is 1. The van der Waals surface area contributed by atoms with Gasteiger partial charge in [0.05, 0.1) is 18.4 Å². The molecule has 1 aliphatic heterocycles. The van der Waals surface area contributed by atoms with E-state index < -0.39 is 0 Å². The quantitative estimate of drug-likeness (QED) is 0.128. The van der Waals surface area contributed by atoms with Crippen LogP contribution >= 0.6 is 23.2 Å². The number of benzene rings is 1. The van der Waals surface area contributed by atoms with Crippen molar-refractivity contribution in [3.05, 3.63) is 102 Å². The number of para-hydroxylation sites is 1. The summed E-state index contributed by atoms with van der Waals surface area (Å²) in [4.78, 5) is 0. The van der Waals surface area contributed by atoms with Crippen LogP contribution < -0.4 is 5.73 Å². The molecule has 1 aromatic rings. The van der Waals surface area contributed by atoms with Crippen molar-refractivity contribution in [3.8, 4) is 12.8 Å². The van der Waals surface area contributed by atoms with Gasteiger partial charge in [-0.1, -0.05) is 43.0 Å². The van der Waals surface area contributed by atoms with Gasteiger partial charge in [0.2, 0.25) is 11.4 Å². The van der Waals surface area contributed by atoms with Gasteiger partial charge in [0.15, 0.2) is 11.4 Å². The highest BCUT2D eigenvalue weighted by molar-refractivity contribution is 6.15. The van der Waals surface area contributed by atoms with Crippen LogP contribution in [0.4, 0.5) is 5.69 Å². The number of ether oxygens (including phenoxy) is 1. The summed E-state index contributed by atoms with van der Waals surface area (Å²) in [6.45, 7) is 15.0. The Morgan fingerprint density at radius 3 is 2.34 bits per heavy atom. The molecule has 0 radical (unpaired) electrons. The number of terminal acetylenes is 1. The van der Waals surface area contributed by atoms with E-state index in [4.69, 9.17) is 10.5 Å². The lowest BCUT2D eigenvalue weighted by atomic mass is 9.81. The highest BCUT2D eigenvalue weighted by Gasteiger charge is 2.42. The SMILES string of the molecule is C#C.C=C/C(OCC)=C(/N)C(=C)[N+](C)=C1C=CC=C(/C=C/C2=[N+](C)c3ccccc3C2(C)C)C1.CCl.CCl. The minimum Gasteiger partial charge on any atom is -0.491 e. The Kier molecular flexibility index (Phi) is 15.8. The van der Waals surface area contributed by atoms with Crippen molar-refractivity contribution in [2.24, 2.45) is 5.73 Å². The van der Waals surface area contributed by atoms with Crippen LogP contribution in [0.25, 0.3) is 0 Å². The third-order valence-corrected chi connectivity index (χ3v) is 6.28. The highest BCUT2D eigenvalue weighted by atomic mass is 35.5. The number of halogens is 2. The van der Waals surface area contributed by atoms with Gasteiger partial charge in [-0.2, -0.15) is 9.15 Å². The zero-order valence-corrected chi connectivity index (χ0v) is 25.4. The van der Waals surface area contributed by atoms with Crippen molar-refractivity contribution < 1.29 is 13.9 Å². The molecular formula is C32H43Cl2N3O+2. The lowest BCUT2D eigenvalue weighted by Crippen LogP contribution is -2.26. The molecule has 0 spiro atoms. The minimum atomic E-state index is -0.0376. The van der Waals surface area contributed by atoms with Gasteiger partial charge in [-0.15, -0.1) is 36.0 Å². The summed E-state index contributed by atoms with van der Waals surface area (Å²) in [6, 6.07) is 8.62. The zero-order valence-electron chi connectivity index (χ0n) is 23.9. The van der Waals surface area contributed by atoms with E-state index in [1.807, 2.05) is 18.5 Å². The second-order valence-corrected chi connectivity index (χ2v) is 8.61. The highest BCUT2D eigenvalue weighted by Crippen LogP contribution is 2.39. The molecule has 1 heterocycles. The molecular weight excluding hydrogens is 513 g/mol. The van der Waals surface area contributed by atoms with E-state index in [0.29, 0.717) is 23.8 Å². The Hall–Kier alpha value is -3.26. The van der Waals surface area contributed by atoms with Crippen molar-refractivity contribution in [1.29, 1.82) is 0 Å². The fraction of sp³-hybridized carbons (Fsp3) is 0.312. The average Bonchev–Trinajstić information content (AvgIpc) is 3.17. The Morgan fingerprint density at radius 1 is 1.18 bits per heavy atom. The molecule has 1 aromatic carbocycles. The number of fused-ring (bicyclic) bond motifs is 1. The normalized spacial score (nSPS) is 16.8. The molecule has 0 amide bonds. The van der Waals surface area contributed by atoms with Gasteiger partial charge in [0.1, 0.15) is 25.6 Å². The molecule has 204 valence electrons. The first-order valence-electron chi connectivity index (χ1n) is 12.1. The molecule has 1 aliphatic carbocycles. The summed E-state index contributed by atoms with van der Waals surface area (Å²) >= 11 is 9.28. The molecule has 2 aliphatic rings. The van der Waals surface area contributed by atoms with E-state index in [2.05, 4.69) is 129 Å². The second-order valence-electron chi connectivity index (χ2n) is 8.61. The van der Waals surface area contributed by atoms with Crippen LogP contribution in [0.3, 0.4) is 0 Å². The Morgan fingerprint density at radius 2 is 1.79 bits per heavy atom. The Bertz CT molecular complexity index is 1190.